The number of imidazole rings is 1. The van der Waals surface area contributed by atoms with Crippen LogP contribution in [-0.2, 0) is 48.2 Å². The van der Waals surface area contributed by atoms with Gasteiger partial charge in [-0.05, 0) is 24.0 Å². The molecule has 47 heavy (non-hydrogen) atoms. The highest BCUT2D eigenvalue weighted by atomic mass is 16.5. The first-order chi connectivity index (χ1) is 22.5. The Morgan fingerprint density at radius 2 is 1.36 bits per heavy atom. The minimum atomic E-state index is -1.26. The predicted octanol–water partition coefficient (Wildman–Crippen LogP) is -0.127. The third kappa shape index (κ3) is 11.7. The average Bonchev–Trinajstić information content (AvgIpc) is 3.58. The van der Waals surface area contributed by atoms with Crippen molar-refractivity contribution in [3.63, 3.8) is 0 Å². The molecule has 14 nitrogen and oxygen atoms in total. The molecule has 0 radical (unpaired) electrons. The largest absolute Gasteiger partial charge is 0.459 e. The van der Waals surface area contributed by atoms with Gasteiger partial charge in [0.15, 0.2) is 0 Å². The molecule has 0 aliphatic carbocycles. The van der Waals surface area contributed by atoms with Crippen molar-refractivity contribution in [1.82, 2.24) is 31.2 Å². The number of aromatic nitrogens is 2. The van der Waals surface area contributed by atoms with Gasteiger partial charge >= 0.3 is 5.97 Å². The molecule has 0 aliphatic heterocycles. The number of ether oxygens (including phenoxy) is 1. The number of aromatic amines is 1. The van der Waals surface area contributed by atoms with E-state index in [0.29, 0.717) is 5.69 Å². The van der Waals surface area contributed by atoms with E-state index in [1.165, 1.54) is 19.4 Å². The summed E-state index contributed by atoms with van der Waals surface area (Å²) < 4.78 is 5.35. The van der Waals surface area contributed by atoms with Gasteiger partial charge in [-0.1, -0.05) is 74.5 Å². The SMILES string of the molecule is CC(C)[C@H](NC(=O)[C@H](Cc1cnc[nH]1)NC(=O)[C@@H](N)CO)C(=O)N[C@@H](Cc1ccccc1)C(=O)N[C@@H](C)C(=O)OCc1ccccc1. The van der Waals surface area contributed by atoms with Gasteiger partial charge in [-0.15, -0.1) is 0 Å². The third-order valence-electron chi connectivity index (χ3n) is 7.24. The number of hydrogen-bond donors (Lipinski definition) is 7. The summed E-state index contributed by atoms with van der Waals surface area (Å²) in [5.41, 5.74) is 7.71. The van der Waals surface area contributed by atoms with Crippen molar-refractivity contribution in [1.29, 1.82) is 0 Å². The molecule has 14 heteroatoms. The maximum Gasteiger partial charge on any atom is 0.328 e. The van der Waals surface area contributed by atoms with Gasteiger partial charge in [0.25, 0.3) is 0 Å². The van der Waals surface area contributed by atoms with Gasteiger partial charge < -0.3 is 41.8 Å². The highest BCUT2D eigenvalue weighted by Gasteiger charge is 2.33. The lowest BCUT2D eigenvalue weighted by molar-refractivity contribution is -0.148. The summed E-state index contributed by atoms with van der Waals surface area (Å²) in [6, 6.07) is 12.4. The smallest absolute Gasteiger partial charge is 0.328 e. The van der Waals surface area contributed by atoms with Crippen LogP contribution in [0.3, 0.4) is 0 Å². The zero-order valence-electron chi connectivity index (χ0n) is 26.6. The molecule has 3 rings (SSSR count). The molecule has 0 unspecified atom stereocenters. The molecule has 1 aromatic heterocycles. The Morgan fingerprint density at radius 3 is 1.94 bits per heavy atom. The van der Waals surface area contributed by atoms with Gasteiger partial charge in [-0.25, -0.2) is 9.78 Å². The fourth-order valence-corrected chi connectivity index (χ4v) is 4.52. The van der Waals surface area contributed by atoms with Gasteiger partial charge in [0.2, 0.25) is 23.6 Å². The summed E-state index contributed by atoms with van der Waals surface area (Å²) in [4.78, 5) is 72.5. The number of H-pyrrole nitrogens is 1. The van der Waals surface area contributed by atoms with Crippen molar-refractivity contribution < 1.29 is 33.8 Å². The minimum Gasteiger partial charge on any atom is -0.459 e. The maximum atomic E-state index is 13.7. The Balaban J connectivity index is 1.73. The monoisotopic (exact) mass is 649 g/mol. The summed E-state index contributed by atoms with van der Waals surface area (Å²) in [5, 5.41) is 19.8. The Labute approximate surface area is 273 Å². The Bertz CT molecular complexity index is 1450. The van der Waals surface area contributed by atoms with Crippen LogP contribution < -0.4 is 27.0 Å². The number of carbonyl (C=O) groups is 5. The molecule has 2 aromatic carbocycles. The zero-order chi connectivity index (χ0) is 34.3. The summed E-state index contributed by atoms with van der Waals surface area (Å²) >= 11 is 0. The first kappa shape index (κ1) is 36.4. The number of aliphatic hydroxyl groups is 1. The molecular formula is C33H43N7O7. The van der Waals surface area contributed by atoms with Crippen LogP contribution in [0.2, 0.25) is 0 Å². The lowest BCUT2D eigenvalue weighted by Crippen LogP contribution is -2.60. The summed E-state index contributed by atoms with van der Waals surface area (Å²) in [5.74, 6) is -3.80. The third-order valence-corrected chi connectivity index (χ3v) is 7.24. The van der Waals surface area contributed by atoms with Gasteiger partial charge in [0.05, 0.1) is 12.9 Å². The van der Waals surface area contributed by atoms with Crippen LogP contribution in [-0.4, -0.2) is 81.5 Å². The fourth-order valence-electron chi connectivity index (χ4n) is 4.52. The normalized spacial score (nSPS) is 14.2. The number of amides is 4. The summed E-state index contributed by atoms with van der Waals surface area (Å²) in [6.07, 6.45) is 2.99. The van der Waals surface area contributed by atoms with Crippen LogP contribution >= 0.6 is 0 Å². The Hall–Kier alpha value is -5.08. The van der Waals surface area contributed by atoms with Crippen molar-refractivity contribution in [3.8, 4) is 0 Å². The number of nitrogens with zero attached hydrogens (tertiary/aromatic N) is 1. The van der Waals surface area contributed by atoms with Crippen molar-refractivity contribution in [2.24, 2.45) is 11.7 Å². The van der Waals surface area contributed by atoms with E-state index in [4.69, 9.17) is 10.5 Å². The Morgan fingerprint density at radius 1 is 0.787 bits per heavy atom. The zero-order valence-corrected chi connectivity index (χ0v) is 26.6. The molecule has 5 atom stereocenters. The van der Waals surface area contributed by atoms with Gasteiger partial charge in [-0.3, -0.25) is 19.2 Å². The minimum absolute atomic E-state index is 0.000541. The predicted molar refractivity (Wildman–Crippen MR) is 172 cm³/mol. The second-order valence-electron chi connectivity index (χ2n) is 11.4. The lowest BCUT2D eigenvalue weighted by Gasteiger charge is -2.28. The molecule has 0 saturated carbocycles. The first-order valence-electron chi connectivity index (χ1n) is 15.3. The van der Waals surface area contributed by atoms with Crippen LogP contribution in [0.25, 0.3) is 0 Å². The molecule has 3 aromatic rings. The number of carbonyl (C=O) groups excluding carboxylic acids is 5. The highest BCUT2D eigenvalue weighted by molar-refractivity contribution is 5.95. The van der Waals surface area contributed by atoms with E-state index >= 15 is 0 Å². The molecule has 0 bridgehead atoms. The van der Waals surface area contributed by atoms with Crippen molar-refractivity contribution >= 4 is 29.6 Å². The van der Waals surface area contributed by atoms with E-state index in [1.807, 2.05) is 36.4 Å². The molecule has 4 amide bonds. The number of esters is 1. The molecule has 0 saturated heterocycles. The van der Waals surface area contributed by atoms with Gasteiger partial charge in [0.1, 0.15) is 36.8 Å². The van der Waals surface area contributed by atoms with Crippen LogP contribution in [0.15, 0.2) is 73.2 Å². The number of benzene rings is 2. The van der Waals surface area contributed by atoms with E-state index in [0.717, 1.165) is 11.1 Å². The van der Waals surface area contributed by atoms with E-state index in [2.05, 4.69) is 31.2 Å². The van der Waals surface area contributed by atoms with Crippen LogP contribution in [0.5, 0.6) is 0 Å². The molecule has 0 fully saturated rings. The summed E-state index contributed by atoms with van der Waals surface area (Å²) in [6.45, 7) is 4.32. The van der Waals surface area contributed by atoms with Gasteiger partial charge in [0, 0.05) is 24.7 Å². The molecule has 0 spiro atoms. The standard InChI is InChI=1S/C33H43N7O7/c1-20(2)28(40-31(44)27(15-24-16-35-19-36-24)38-29(42)25(34)17-41)32(45)39-26(14-22-10-6-4-7-11-22)30(43)37-21(3)33(46)47-18-23-12-8-5-9-13-23/h4-13,16,19-21,25-28,41H,14-15,17-18,34H2,1-3H3,(H,35,36)(H,37,43)(H,38,42)(H,39,45)(H,40,44)/t21-,25-,26-,27-,28-/m0/s1. The number of nitrogens with one attached hydrogen (secondary N) is 5. The van der Waals surface area contributed by atoms with E-state index in [1.54, 1.807) is 38.1 Å². The van der Waals surface area contributed by atoms with Crippen LogP contribution in [0, 0.1) is 5.92 Å². The van der Waals surface area contributed by atoms with Crippen LogP contribution in [0.4, 0.5) is 0 Å². The topological polar surface area (TPSA) is 218 Å². The number of aliphatic hydroxyl groups excluding tert-OH is 1. The van der Waals surface area contributed by atoms with Crippen LogP contribution in [0.1, 0.15) is 37.6 Å². The number of nitrogens with two attached hydrogens (primary N) is 1. The van der Waals surface area contributed by atoms with E-state index < -0.39 is 72.3 Å². The lowest BCUT2D eigenvalue weighted by atomic mass is 10.00. The second kappa shape index (κ2) is 18.2. The number of hydrogen-bond acceptors (Lipinski definition) is 9. The molecule has 8 N–H and O–H groups in total. The van der Waals surface area contributed by atoms with E-state index in [9.17, 15) is 29.1 Å². The Kier molecular flexibility index (Phi) is 14.1. The molecule has 1 heterocycles. The molecule has 252 valence electrons. The quantitative estimate of drug-likeness (QED) is 0.0968. The van der Waals surface area contributed by atoms with Gasteiger partial charge in [-0.2, -0.15) is 0 Å². The van der Waals surface area contributed by atoms with Crippen molar-refractivity contribution in [3.05, 3.63) is 90.0 Å². The molecular weight excluding hydrogens is 606 g/mol. The number of rotatable bonds is 17. The fraction of sp³-hybridized carbons (Fsp3) is 0.394. The average molecular weight is 650 g/mol. The summed E-state index contributed by atoms with van der Waals surface area (Å²) in [7, 11) is 0. The van der Waals surface area contributed by atoms with Crippen molar-refractivity contribution in [2.75, 3.05) is 6.61 Å². The maximum absolute atomic E-state index is 13.7. The van der Waals surface area contributed by atoms with Crippen molar-refractivity contribution in [2.45, 2.75) is 70.4 Å². The van der Waals surface area contributed by atoms with E-state index in [-0.39, 0.29) is 19.4 Å². The molecule has 0 aliphatic rings. The first-order valence-corrected chi connectivity index (χ1v) is 15.3. The highest BCUT2D eigenvalue weighted by Crippen LogP contribution is 2.09. The second-order valence-corrected chi connectivity index (χ2v) is 11.4.